The smallest absolute Gasteiger partial charge is 0.408 e. The van der Waals surface area contributed by atoms with Gasteiger partial charge in [0.05, 0.1) is 12.8 Å². The number of thioether (sulfide) groups is 1. The molecule has 0 aliphatic rings. The fourth-order valence-electron chi connectivity index (χ4n) is 3.33. The molecule has 0 radical (unpaired) electrons. The molecular formula is C28H32N2O4S. The predicted octanol–water partition coefficient (Wildman–Crippen LogP) is 6.06. The number of benzene rings is 3. The molecule has 1 unspecified atom stereocenters. The Bertz CT molecular complexity index is 1110. The summed E-state index contributed by atoms with van der Waals surface area (Å²) in [5, 5.41) is 5.62. The lowest BCUT2D eigenvalue weighted by Gasteiger charge is -2.23. The number of anilines is 1. The highest BCUT2D eigenvalue weighted by molar-refractivity contribution is 7.98. The van der Waals surface area contributed by atoms with Crippen molar-refractivity contribution in [3.05, 3.63) is 90.0 Å². The van der Waals surface area contributed by atoms with Crippen LogP contribution in [0, 0.1) is 0 Å². The van der Waals surface area contributed by atoms with Crippen LogP contribution in [-0.4, -0.2) is 30.8 Å². The third kappa shape index (κ3) is 8.68. The first kappa shape index (κ1) is 26.2. The van der Waals surface area contributed by atoms with Gasteiger partial charge in [0.1, 0.15) is 17.4 Å². The van der Waals surface area contributed by atoms with Gasteiger partial charge < -0.3 is 20.1 Å². The van der Waals surface area contributed by atoms with Crippen molar-refractivity contribution in [2.75, 3.05) is 12.4 Å². The molecule has 0 saturated heterocycles. The van der Waals surface area contributed by atoms with Crippen LogP contribution in [0.5, 0.6) is 5.75 Å². The van der Waals surface area contributed by atoms with Crippen molar-refractivity contribution < 1.29 is 19.1 Å². The Morgan fingerprint density at radius 3 is 2.14 bits per heavy atom. The van der Waals surface area contributed by atoms with Gasteiger partial charge in [-0.25, -0.2) is 4.79 Å². The van der Waals surface area contributed by atoms with Crippen LogP contribution in [0.2, 0.25) is 0 Å². The zero-order chi connectivity index (χ0) is 25.3. The lowest BCUT2D eigenvalue weighted by Crippen LogP contribution is -2.47. The van der Waals surface area contributed by atoms with Crippen LogP contribution in [0.15, 0.2) is 83.8 Å². The number of nitrogens with one attached hydrogen (secondary N) is 2. The highest BCUT2D eigenvalue weighted by Gasteiger charge is 2.25. The molecule has 0 spiro atoms. The average Bonchev–Trinajstić information content (AvgIpc) is 2.83. The highest BCUT2D eigenvalue weighted by atomic mass is 32.2. The topological polar surface area (TPSA) is 76.7 Å². The first-order chi connectivity index (χ1) is 16.7. The molecule has 0 bridgehead atoms. The molecule has 1 atom stereocenters. The van der Waals surface area contributed by atoms with Gasteiger partial charge in [0, 0.05) is 17.1 Å². The standard InChI is InChI=1S/C28H32N2O4S/c1-28(2,3)34-27(32)30-24(17-20-11-7-5-8-12-20)26(31)29-23-16-15-22(18-25(23)33-4)35-19-21-13-9-6-10-14-21/h5-16,18,24H,17,19H2,1-4H3,(H,29,31)(H,30,32). The maximum absolute atomic E-state index is 13.2. The molecule has 0 heterocycles. The lowest BCUT2D eigenvalue weighted by atomic mass is 10.1. The fraction of sp³-hybridized carbons (Fsp3) is 0.286. The molecule has 7 heteroatoms. The molecule has 35 heavy (non-hydrogen) atoms. The number of rotatable bonds is 9. The van der Waals surface area contributed by atoms with Crippen molar-refractivity contribution in [1.29, 1.82) is 0 Å². The fourth-order valence-corrected chi connectivity index (χ4v) is 4.21. The van der Waals surface area contributed by atoms with E-state index >= 15 is 0 Å². The minimum Gasteiger partial charge on any atom is -0.495 e. The van der Waals surface area contributed by atoms with Gasteiger partial charge in [-0.05, 0) is 50.1 Å². The number of ether oxygens (including phenoxy) is 2. The summed E-state index contributed by atoms with van der Waals surface area (Å²) in [5.74, 6) is 1.02. The monoisotopic (exact) mass is 492 g/mol. The van der Waals surface area contributed by atoms with Crippen LogP contribution in [0.3, 0.4) is 0 Å². The molecule has 0 aliphatic heterocycles. The van der Waals surface area contributed by atoms with Gasteiger partial charge in [0.25, 0.3) is 0 Å². The largest absolute Gasteiger partial charge is 0.495 e. The van der Waals surface area contributed by atoms with Crippen LogP contribution in [-0.2, 0) is 21.7 Å². The van der Waals surface area contributed by atoms with E-state index in [1.807, 2.05) is 66.7 Å². The van der Waals surface area contributed by atoms with Gasteiger partial charge in [-0.2, -0.15) is 0 Å². The van der Waals surface area contributed by atoms with E-state index in [0.29, 0.717) is 17.9 Å². The summed E-state index contributed by atoms with van der Waals surface area (Å²) in [6, 6.07) is 24.6. The van der Waals surface area contributed by atoms with E-state index in [9.17, 15) is 9.59 Å². The maximum Gasteiger partial charge on any atom is 0.408 e. The Balaban J connectivity index is 1.72. The van der Waals surface area contributed by atoms with Crippen LogP contribution in [0.4, 0.5) is 10.5 Å². The molecule has 0 aliphatic carbocycles. The molecule has 6 nitrogen and oxygen atoms in total. The molecule has 0 fully saturated rings. The number of alkyl carbamates (subject to hydrolysis) is 1. The van der Waals surface area contributed by atoms with Crippen LogP contribution < -0.4 is 15.4 Å². The second-order valence-corrected chi connectivity index (χ2v) is 10.1. The molecular weight excluding hydrogens is 460 g/mol. The van der Waals surface area contributed by atoms with Crippen molar-refractivity contribution in [1.82, 2.24) is 5.32 Å². The molecule has 3 aromatic carbocycles. The molecule has 0 aromatic heterocycles. The number of hydrogen-bond acceptors (Lipinski definition) is 5. The molecule has 3 rings (SSSR count). The third-order valence-corrected chi connectivity index (χ3v) is 6.03. The van der Waals surface area contributed by atoms with Gasteiger partial charge in [0.2, 0.25) is 5.91 Å². The zero-order valence-corrected chi connectivity index (χ0v) is 21.4. The SMILES string of the molecule is COc1cc(SCc2ccccc2)ccc1NC(=O)C(Cc1ccccc1)NC(=O)OC(C)(C)C. The summed E-state index contributed by atoms with van der Waals surface area (Å²) >= 11 is 1.69. The van der Waals surface area contributed by atoms with Crippen LogP contribution in [0.1, 0.15) is 31.9 Å². The summed E-state index contributed by atoms with van der Waals surface area (Å²) in [4.78, 5) is 26.7. The summed E-state index contributed by atoms with van der Waals surface area (Å²) in [6.07, 6.45) is -0.326. The van der Waals surface area contributed by atoms with Crippen molar-refractivity contribution in [3.63, 3.8) is 0 Å². The van der Waals surface area contributed by atoms with E-state index in [2.05, 4.69) is 22.8 Å². The number of amides is 2. The average molecular weight is 493 g/mol. The number of hydrogen-bond donors (Lipinski definition) is 2. The van der Waals surface area contributed by atoms with Crippen LogP contribution in [0.25, 0.3) is 0 Å². The minimum atomic E-state index is -0.830. The van der Waals surface area contributed by atoms with Crippen LogP contribution >= 0.6 is 11.8 Å². The van der Waals surface area contributed by atoms with Gasteiger partial charge in [-0.1, -0.05) is 60.7 Å². The minimum absolute atomic E-state index is 0.319. The Kier molecular flexibility index (Phi) is 9.20. The number of methoxy groups -OCH3 is 1. The van der Waals surface area contributed by atoms with Crippen molar-refractivity contribution in [2.45, 2.75) is 49.5 Å². The van der Waals surface area contributed by atoms with Crippen molar-refractivity contribution >= 4 is 29.4 Å². The molecule has 0 saturated carbocycles. The summed E-state index contributed by atoms with van der Waals surface area (Å²) in [5.41, 5.74) is 2.01. The molecule has 184 valence electrons. The Morgan fingerprint density at radius 1 is 0.914 bits per heavy atom. The molecule has 3 aromatic rings. The second-order valence-electron chi connectivity index (χ2n) is 9.01. The van der Waals surface area contributed by atoms with Gasteiger partial charge in [-0.15, -0.1) is 11.8 Å². The van der Waals surface area contributed by atoms with E-state index in [0.717, 1.165) is 16.2 Å². The quantitative estimate of drug-likeness (QED) is 0.355. The summed E-state index contributed by atoms with van der Waals surface area (Å²) in [7, 11) is 1.57. The Morgan fingerprint density at radius 2 is 1.54 bits per heavy atom. The molecule has 2 N–H and O–H groups in total. The van der Waals surface area contributed by atoms with Gasteiger partial charge in [-0.3, -0.25) is 4.79 Å². The summed E-state index contributed by atoms with van der Waals surface area (Å²) in [6.45, 7) is 5.34. The van der Waals surface area contributed by atoms with E-state index in [4.69, 9.17) is 9.47 Å². The highest BCUT2D eigenvalue weighted by Crippen LogP contribution is 2.32. The number of carbonyl (C=O) groups is 2. The predicted molar refractivity (Wildman–Crippen MR) is 141 cm³/mol. The van der Waals surface area contributed by atoms with E-state index in [1.165, 1.54) is 5.56 Å². The number of carbonyl (C=O) groups excluding carboxylic acids is 2. The van der Waals surface area contributed by atoms with Gasteiger partial charge in [0.15, 0.2) is 0 Å². The molecule has 2 amide bonds. The lowest BCUT2D eigenvalue weighted by molar-refractivity contribution is -0.118. The first-order valence-corrected chi connectivity index (χ1v) is 12.4. The summed E-state index contributed by atoms with van der Waals surface area (Å²) < 4.78 is 10.9. The van der Waals surface area contributed by atoms with Gasteiger partial charge >= 0.3 is 6.09 Å². The van der Waals surface area contributed by atoms with E-state index in [1.54, 1.807) is 39.6 Å². The Labute approximate surface area is 211 Å². The second kappa shape index (κ2) is 12.3. The zero-order valence-electron chi connectivity index (χ0n) is 20.5. The Hall–Kier alpha value is -3.45. The van der Waals surface area contributed by atoms with E-state index in [-0.39, 0.29) is 5.91 Å². The maximum atomic E-state index is 13.2. The van der Waals surface area contributed by atoms with E-state index < -0.39 is 17.7 Å². The van der Waals surface area contributed by atoms with Crippen molar-refractivity contribution in [3.8, 4) is 5.75 Å². The normalized spacial score (nSPS) is 11.9. The first-order valence-electron chi connectivity index (χ1n) is 11.4. The third-order valence-electron chi connectivity index (χ3n) is 4.97. The van der Waals surface area contributed by atoms with Crippen molar-refractivity contribution in [2.24, 2.45) is 0 Å².